The number of hydrogen-bond donors (Lipinski definition) is 0. The van der Waals surface area contributed by atoms with Crippen LogP contribution in [0.4, 0.5) is 17.6 Å². The van der Waals surface area contributed by atoms with Crippen molar-refractivity contribution in [2.24, 2.45) is 0 Å². The van der Waals surface area contributed by atoms with Crippen LogP contribution in [0.15, 0.2) is 53.9 Å². The van der Waals surface area contributed by atoms with E-state index in [1.807, 2.05) is 0 Å². The molecule has 0 atom stereocenters. The highest BCUT2D eigenvalue weighted by Gasteiger charge is 2.39. The van der Waals surface area contributed by atoms with Crippen LogP contribution in [0.2, 0.25) is 0 Å². The fraction of sp³-hybridized carbons (Fsp3) is 0.267. The lowest BCUT2D eigenvalue weighted by Crippen LogP contribution is -2.18. The Balaban J connectivity index is 2.86. The van der Waals surface area contributed by atoms with Crippen LogP contribution in [-0.4, -0.2) is 12.1 Å². The number of allylic oxidation sites excluding steroid dienone is 2. The summed E-state index contributed by atoms with van der Waals surface area (Å²) in [6.45, 7) is 4.30. The van der Waals surface area contributed by atoms with E-state index in [1.165, 1.54) is 6.92 Å². The molecule has 0 N–H and O–H groups in total. The molecule has 0 aromatic heterocycles. The Kier molecular flexibility index (Phi) is 5.69. The van der Waals surface area contributed by atoms with E-state index in [4.69, 9.17) is 0 Å². The number of esters is 1. The van der Waals surface area contributed by atoms with Gasteiger partial charge in [0.05, 0.1) is 5.57 Å². The maximum atomic E-state index is 13.7. The molecule has 0 spiro atoms. The summed E-state index contributed by atoms with van der Waals surface area (Å²) in [6.07, 6.45) is -5.72. The minimum Gasteiger partial charge on any atom is -0.456 e. The molecule has 0 aliphatic rings. The number of halogens is 4. The van der Waals surface area contributed by atoms with Gasteiger partial charge in [-0.1, -0.05) is 42.5 Å². The standard InChI is InChI=1S/C15H14F4O2/c1-10(2)8-12(15(17,18)19)13(16)14(20)21-9-11-6-4-3-5-7-11/h3-7H,1,8-9H2,2H3/b13-12+. The van der Waals surface area contributed by atoms with Gasteiger partial charge in [0.2, 0.25) is 5.83 Å². The summed E-state index contributed by atoms with van der Waals surface area (Å²) in [6, 6.07) is 8.26. The number of hydrogen-bond acceptors (Lipinski definition) is 2. The SMILES string of the molecule is C=C(C)C/C(=C(\F)C(=O)OCc1ccccc1)C(F)(F)F. The minimum atomic E-state index is -4.95. The summed E-state index contributed by atoms with van der Waals surface area (Å²) in [4.78, 5) is 11.4. The average molecular weight is 302 g/mol. The van der Waals surface area contributed by atoms with Crippen molar-refractivity contribution in [3.05, 3.63) is 59.4 Å². The second-order valence-corrected chi connectivity index (χ2v) is 4.49. The smallest absolute Gasteiger partial charge is 0.416 e. The van der Waals surface area contributed by atoms with Gasteiger partial charge in [-0.05, 0) is 12.5 Å². The van der Waals surface area contributed by atoms with Crippen molar-refractivity contribution >= 4 is 5.97 Å². The van der Waals surface area contributed by atoms with Gasteiger partial charge in [-0.2, -0.15) is 17.6 Å². The topological polar surface area (TPSA) is 26.3 Å². The fourth-order valence-corrected chi connectivity index (χ4v) is 1.51. The number of ether oxygens (including phenoxy) is 1. The Hall–Kier alpha value is -2.11. The maximum Gasteiger partial charge on any atom is 0.416 e. The summed E-state index contributed by atoms with van der Waals surface area (Å²) in [7, 11) is 0. The number of carbonyl (C=O) groups excluding carboxylic acids is 1. The largest absolute Gasteiger partial charge is 0.456 e. The molecule has 0 aliphatic heterocycles. The molecular formula is C15H14F4O2. The first-order valence-electron chi connectivity index (χ1n) is 6.03. The Bertz CT molecular complexity index is 545. The normalized spacial score (nSPS) is 12.6. The molecule has 0 amide bonds. The molecule has 0 saturated heterocycles. The Morgan fingerprint density at radius 2 is 1.81 bits per heavy atom. The quantitative estimate of drug-likeness (QED) is 0.347. The van der Waals surface area contributed by atoms with Gasteiger partial charge in [0.15, 0.2) is 0 Å². The van der Waals surface area contributed by atoms with Gasteiger partial charge in [0, 0.05) is 6.42 Å². The van der Waals surface area contributed by atoms with Gasteiger partial charge < -0.3 is 4.74 Å². The van der Waals surface area contributed by atoms with E-state index in [1.54, 1.807) is 30.3 Å². The molecule has 0 heterocycles. The van der Waals surface area contributed by atoms with Crippen LogP contribution in [0.25, 0.3) is 0 Å². The molecule has 0 fully saturated rings. The van der Waals surface area contributed by atoms with Gasteiger partial charge >= 0.3 is 12.1 Å². The van der Waals surface area contributed by atoms with E-state index in [-0.39, 0.29) is 12.2 Å². The summed E-state index contributed by atoms with van der Waals surface area (Å²) in [5, 5.41) is 0. The van der Waals surface area contributed by atoms with E-state index in [2.05, 4.69) is 11.3 Å². The molecule has 0 bridgehead atoms. The predicted octanol–water partition coefficient (Wildman–Crippen LogP) is 4.48. The van der Waals surface area contributed by atoms with E-state index in [0.717, 1.165) is 0 Å². The zero-order valence-electron chi connectivity index (χ0n) is 11.3. The molecule has 0 radical (unpaired) electrons. The Labute approximate surface area is 119 Å². The van der Waals surface area contributed by atoms with Crippen molar-refractivity contribution in [1.29, 1.82) is 0 Å². The molecule has 1 aromatic rings. The van der Waals surface area contributed by atoms with Crippen LogP contribution < -0.4 is 0 Å². The van der Waals surface area contributed by atoms with Crippen LogP contribution in [0.1, 0.15) is 18.9 Å². The zero-order valence-corrected chi connectivity index (χ0v) is 11.3. The Morgan fingerprint density at radius 3 is 2.29 bits per heavy atom. The molecule has 1 rings (SSSR count). The van der Waals surface area contributed by atoms with Gasteiger partial charge in [-0.15, -0.1) is 0 Å². The number of rotatable bonds is 5. The van der Waals surface area contributed by atoms with Crippen molar-refractivity contribution in [3.63, 3.8) is 0 Å². The van der Waals surface area contributed by atoms with Gasteiger partial charge in [0.1, 0.15) is 6.61 Å². The van der Waals surface area contributed by atoms with Crippen LogP contribution in [-0.2, 0) is 16.1 Å². The fourth-order valence-electron chi connectivity index (χ4n) is 1.51. The first-order chi connectivity index (χ1) is 9.71. The molecule has 114 valence electrons. The Morgan fingerprint density at radius 1 is 1.24 bits per heavy atom. The van der Waals surface area contributed by atoms with Crippen molar-refractivity contribution < 1.29 is 27.1 Å². The molecule has 0 saturated carbocycles. The number of carbonyl (C=O) groups is 1. The molecule has 6 heteroatoms. The number of benzene rings is 1. The van der Waals surface area contributed by atoms with Crippen LogP contribution in [0.5, 0.6) is 0 Å². The minimum absolute atomic E-state index is 0.0911. The van der Waals surface area contributed by atoms with Crippen molar-refractivity contribution in [2.45, 2.75) is 26.1 Å². The molecular weight excluding hydrogens is 288 g/mol. The van der Waals surface area contributed by atoms with Gasteiger partial charge in [-0.25, -0.2) is 4.79 Å². The average Bonchev–Trinajstić information content (AvgIpc) is 2.41. The highest BCUT2D eigenvalue weighted by molar-refractivity contribution is 5.87. The number of alkyl halides is 3. The lowest BCUT2D eigenvalue weighted by Gasteiger charge is -2.13. The predicted molar refractivity (Wildman–Crippen MR) is 69.9 cm³/mol. The molecule has 0 aliphatic carbocycles. The second kappa shape index (κ2) is 7.06. The second-order valence-electron chi connectivity index (χ2n) is 4.49. The van der Waals surface area contributed by atoms with Crippen LogP contribution >= 0.6 is 0 Å². The van der Waals surface area contributed by atoms with Gasteiger partial charge in [-0.3, -0.25) is 0 Å². The van der Waals surface area contributed by atoms with E-state index in [0.29, 0.717) is 5.56 Å². The van der Waals surface area contributed by atoms with Crippen molar-refractivity contribution in [1.82, 2.24) is 0 Å². The third-order valence-corrected chi connectivity index (χ3v) is 2.48. The van der Waals surface area contributed by atoms with Crippen LogP contribution in [0.3, 0.4) is 0 Å². The van der Waals surface area contributed by atoms with Crippen molar-refractivity contribution in [2.75, 3.05) is 0 Å². The first-order valence-corrected chi connectivity index (χ1v) is 6.03. The van der Waals surface area contributed by atoms with Gasteiger partial charge in [0.25, 0.3) is 0 Å². The monoisotopic (exact) mass is 302 g/mol. The lowest BCUT2D eigenvalue weighted by atomic mass is 10.1. The summed E-state index contributed by atoms with van der Waals surface area (Å²) >= 11 is 0. The van der Waals surface area contributed by atoms with E-state index >= 15 is 0 Å². The van der Waals surface area contributed by atoms with E-state index in [9.17, 15) is 22.4 Å². The summed E-state index contributed by atoms with van der Waals surface area (Å²) in [5.41, 5.74) is -0.937. The lowest BCUT2D eigenvalue weighted by molar-refractivity contribution is -0.143. The van der Waals surface area contributed by atoms with Crippen molar-refractivity contribution in [3.8, 4) is 0 Å². The molecule has 1 aromatic carbocycles. The van der Waals surface area contributed by atoms with Crippen LogP contribution in [0, 0.1) is 0 Å². The molecule has 2 nitrogen and oxygen atoms in total. The highest BCUT2D eigenvalue weighted by atomic mass is 19.4. The summed E-state index contributed by atoms with van der Waals surface area (Å²) < 4.78 is 56.3. The third kappa shape index (κ3) is 5.41. The third-order valence-electron chi connectivity index (χ3n) is 2.48. The first kappa shape index (κ1) is 16.9. The van der Waals surface area contributed by atoms with E-state index < -0.39 is 30.0 Å². The molecule has 0 unspecified atom stereocenters. The highest BCUT2D eigenvalue weighted by Crippen LogP contribution is 2.33. The summed E-state index contributed by atoms with van der Waals surface area (Å²) in [5.74, 6) is -3.56. The maximum absolute atomic E-state index is 13.7. The molecule has 21 heavy (non-hydrogen) atoms. The zero-order chi connectivity index (χ0) is 16.0.